The fourth-order valence-corrected chi connectivity index (χ4v) is 3.30. The predicted octanol–water partition coefficient (Wildman–Crippen LogP) is 2.39. The number of hydrogen-bond donors (Lipinski definition) is 2. The highest BCUT2D eigenvalue weighted by Gasteiger charge is 2.16. The minimum absolute atomic E-state index is 0.273. The van der Waals surface area contributed by atoms with Gasteiger partial charge in [-0.3, -0.25) is 4.72 Å². The summed E-state index contributed by atoms with van der Waals surface area (Å²) in [6.45, 7) is 1.78. The van der Waals surface area contributed by atoms with E-state index in [1.54, 1.807) is 49.4 Å². The third kappa shape index (κ3) is 3.52. The summed E-state index contributed by atoms with van der Waals surface area (Å²) in [5.74, 6) is -0.273. The van der Waals surface area contributed by atoms with Gasteiger partial charge in [0, 0.05) is 0 Å². The van der Waals surface area contributed by atoms with Gasteiger partial charge in [0.05, 0.1) is 28.8 Å². The second-order valence-electron chi connectivity index (χ2n) is 4.67. The van der Waals surface area contributed by atoms with Crippen LogP contribution in [0.1, 0.15) is 16.7 Å². The molecule has 0 aromatic heterocycles. The molecule has 21 heavy (non-hydrogen) atoms. The molecule has 6 heteroatoms. The summed E-state index contributed by atoms with van der Waals surface area (Å²) in [5, 5.41) is 9.01. The van der Waals surface area contributed by atoms with Gasteiger partial charge in [-0.05, 0) is 30.2 Å². The van der Waals surface area contributed by atoms with Crippen molar-refractivity contribution in [2.45, 2.75) is 12.7 Å². The molecular formula is C15H15N3O2S. The van der Waals surface area contributed by atoms with E-state index in [1.165, 1.54) is 0 Å². The van der Waals surface area contributed by atoms with E-state index in [1.807, 2.05) is 6.07 Å². The molecule has 2 aromatic rings. The Morgan fingerprint density at radius 2 is 1.90 bits per heavy atom. The van der Waals surface area contributed by atoms with E-state index in [9.17, 15) is 8.42 Å². The normalized spacial score (nSPS) is 10.9. The molecule has 0 unspecified atom stereocenters. The van der Waals surface area contributed by atoms with Gasteiger partial charge in [0.1, 0.15) is 0 Å². The van der Waals surface area contributed by atoms with Gasteiger partial charge in [0.25, 0.3) is 0 Å². The van der Waals surface area contributed by atoms with Crippen LogP contribution in [0.3, 0.4) is 0 Å². The second kappa shape index (κ2) is 5.85. The van der Waals surface area contributed by atoms with Crippen LogP contribution in [0.15, 0.2) is 42.5 Å². The first-order chi connectivity index (χ1) is 9.93. The highest BCUT2D eigenvalue weighted by Crippen LogP contribution is 2.24. The molecule has 0 saturated carbocycles. The number of nitrogens with zero attached hydrogens (tertiary/aromatic N) is 1. The van der Waals surface area contributed by atoms with Crippen LogP contribution in [-0.4, -0.2) is 8.42 Å². The Balaban J connectivity index is 2.30. The van der Waals surface area contributed by atoms with Crippen LogP contribution in [0.2, 0.25) is 0 Å². The zero-order chi connectivity index (χ0) is 15.5. The Labute approximate surface area is 124 Å². The Hall–Kier alpha value is -2.52. The van der Waals surface area contributed by atoms with Gasteiger partial charge in [0.15, 0.2) is 0 Å². The SMILES string of the molecule is Cc1cccc(N)c1NS(=O)(=O)Cc1ccccc1C#N. The van der Waals surface area contributed by atoms with Gasteiger partial charge in [0.2, 0.25) is 10.0 Å². The minimum atomic E-state index is -3.65. The number of nitriles is 1. The van der Waals surface area contributed by atoms with Crippen LogP contribution < -0.4 is 10.5 Å². The summed E-state index contributed by atoms with van der Waals surface area (Å²) in [6.07, 6.45) is 0. The quantitative estimate of drug-likeness (QED) is 0.847. The van der Waals surface area contributed by atoms with Crippen molar-refractivity contribution >= 4 is 21.4 Å². The summed E-state index contributed by atoms with van der Waals surface area (Å²) in [7, 11) is -3.65. The predicted molar refractivity (Wildman–Crippen MR) is 83.0 cm³/mol. The lowest BCUT2D eigenvalue weighted by atomic mass is 10.1. The van der Waals surface area contributed by atoms with Crippen molar-refractivity contribution in [1.82, 2.24) is 0 Å². The number of nitrogens with two attached hydrogens (primary N) is 1. The highest BCUT2D eigenvalue weighted by atomic mass is 32.2. The van der Waals surface area contributed by atoms with E-state index in [2.05, 4.69) is 4.72 Å². The van der Waals surface area contributed by atoms with Gasteiger partial charge >= 0.3 is 0 Å². The first-order valence-corrected chi connectivity index (χ1v) is 7.92. The molecule has 2 rings (SSSR count). The molecule has 5 nitrogen and oxygen atoms in total. The molecule has 0 spiro atoms. The summed E-state index contributed by atoms with van der Waals surface area (Å²) in [4.78, 5) is 0. The van der Waals surface area contributed by atoms with Crippen molar-refractivity contribution in [1.29, 1.82) is 5.26 Å². The minimum Gasteiger partial charge on any atom is -0.397 e. The molecule has 0 saturated heterocycles. The second-order valence-corrected chi connectivity index (χ2v) is 6.39. The number of nitrogen functional groups attached to an aromatic ring is 1. The van der Waals surface area contributed by atoms with E-state index in [0.717, 1.165) is 5.56 Å². The van der Waals surface area contributed by atoms with E-state index >= 15 is 0 Å². The molecule has 3 N–H and O–H groups in total. The number of para-hydroxylation sites is 1. The molecule has 0 fully saturated rings. The van der Waals surface area contributed by atoms with Crippen molar-refractivity contribution in [3.05, 3.63) is 59.2 Å². The number of rotatable bonds is 4. The van der Waals surface area contributed by atoms with Crippen molar-refractivity contribution < 1.29 is 8.42 Å². The smallest absolute Gasteiger partial charge is 0.237 e. The summed E-state index contributed by atoms with van der Waals surface area (Å²) >= 11 is 0. The van der Waals surface area contributed by atoms with E-state index < -0.39 is 10.0 Å². The van der Waals surface area contributed by atoms with Crippen LogP contribution in [0.25, 0.3) is 0 Å². The van der Waals surface area contributed by atoms with E-state index in [-0.39, 0.29) is 5.75 Å². The molecule has 0 heterocycles. The Kier molecular flexibility index (Phi) is 4.15. The molecule has 0 atom stereocenters. The monoisotopic (exact) mass is 301 g/mol. The van der Waals surface area contributed by atoms with Crippen molar-refractivity contribution in [3.63, 3.8) is 0 Å². The molecular weight excluding hydrogens is 286 g/mol. The molecule has 0 aliphatic rings. The molecule has 0 aliphatic heterocycles. The topological polar surface area (TPSA) is 96.0 Å². The molecule has 108 valence electrons. The third-order valence-electron chi connectivity index (χ3n) is 3.05. The van der Waals surface area contributed by atoms with Crippen molar-refractivity contribution in [2.75, 3.05) is 10.5 Å². The summed E-state index contributed by atoms with van der Waals surface area (Å²) < 4.78 is 27.0. The van der Waals surface area contributed by atoms with Crippen LogP contribution >= 0.6 is 0 Å². The first kappa shape index (κ1) is 14.9. The van der Waals surface area contributed by atoms with Crippen molar-refractivity contribution in [2.24, 2.45) is 0 Å². The standard InChI is InChI=1S/C15H15N3O2S/c1-11-5-4-8-14(17)15(11)18-21(19,20)10-13-7-3-2-6-12(13)9-16/h2-8,18H,10,17H2,1H3. The lowest BCUT2D eigenvalue weighted by Gasteiger charge is -2.13. The van der Waals surface area contributed by atoms with Gasteiger partial charge < -0.3 is 5.73 Å². The zero-order valence-corrected chi connectivity index (χ0v) is 12.3. The van der Waals surface area contributed by atoms with Gasteiger partial charge in [-0.1, -0.05) is 30.3 Å². The summed E-state index contributed by atoms with van der Waals surface area (Å²) in [5.41, 5.74) is 8.10. The maximum absolute atomic E-state index is 12.3. The zero-order valence-electron chi connectivity index (χ0n) is 11.5. The molecule has 0 bridgehead atoms. The maximum Gasteiger partial charge on any atom is 0.237 e. The van der Waals surface area contributed by atoms with E-state index in [4.69, 9.17) is 11.0 Å². The fourth-order valence-electron chi connectivity index (χ4n) is 1.98. The highest BCUT2D eigenvalue weighted by molar-refractivity contribution is 7.91. The first-order valence-electron chi connectivity index (χ1n) is 6.26. The van der Waals surface area contributed by atoms with Gasteiger partial charge in [-0.15, -0.1) is 0 Å². The third-order valence-corrected chi connectivity index (χ3v) is 4.25. The molecule has 0 aliphatic carbocycles. The molecule has 0 radical (unpaired) electrons. The van der Waals surface area contributed by atoms with Gasteiger partial charge in [-0.25, -0.2) is 8.42 Å². The Morgan fingerprint density at radius 3 is 2.57 bits per heavy atom. The molecule has 0 amide bonds. The van der Waals surface area contributed by atoms with Crippen molar-refractivity contribution in [3.8, 4) is 6.07 Å². The van der Waals surface area contributed by atoms with Crippen LogP contribution in [-0.2, 0) is 15.8 Å². The number of anilines is 2. The lowest BCUT2D eigenvalue weighted by Crippen LogP contribution is -2.17. The average molecular weight is 301 g/mol. The van der Waals surface area contributed by atoms with Crippen LogP contribution in [0.4, 0.5) is 11.4 Å². The van der Waals surface area contributed by atoms with Gasteiger partial charge in [-0.2, -0.15) is 5.26 Å². The molecule has 2 aromatic carbocycles. The Morgan fingerprint density at radius 1 is 1.19 bits per heavy atom. The Bertz CT molecular complexity index is 788. The summed E-state index contributed by atoms with van der Waals surface area (Å²) in [6, 6.07) is 13.8. The number of aryl methyl sites for hydroxylation is 1. The lowest BCUT2D eigenvalue weighted by molar-refractivity contribution is 0.600. The number of benzene rings is 2. The number of nitrogens with one attached hydrogen (secondary N) is 1. The largest absolute Gasteiger partial charge is 0.397 e. The fraction of sp³-hybridized carbons (Fsp3) is 0.133. The number of sulfonamides is 1. The van der Waals surface area contributed by atoms with Crippen LogP contribution in [0.5, 0.6) is 0 Å². The average Bonchev–Trinajstić information content (AvgIpc) is 2.43. The van der Waals surface area contributed by atoms with Crippen LogP contribution in [0, 0.1) is 18.3 Å². The number of hydrogen-bond acceptors (Lipinski definition) is 4. The maximum atomic E-state index is 12.3. The van der Waals surface area contributed by atoms with E-state index in [0.29, 0.717) is 22.5 Å².